The Hall–Kier alpha value is -0.780. The van der Waals surface area contributed by atoms with Crippen molar-refractivity contribution in [2.24, 2.45) is 0 Å². The molecule has 1 rings (SSSR count). The summed E-state index contributed by atoms with van der Waals surface area (Å²) in [5.74, 6) is 2.55. The molecule has 1 aromatic heterocycles. The van der Waals surface area contributed by atoms with E-state index in [9.17, 15) is 0 Å². The highest BCUT2D eigenvalue weighted by molar-refractivity contribution is 7.10. The minimum Gasteiger partial charge on any atom is -0.299 e. The van der Waals surface area contributed by atoms with Crippen LogP contribution in [0.2, 0.25) is 0 Å². The van der Waals surface area contributed by atoms with Crippen molar-refractivity contribution in [3.05, 3.63) is 22.4 Å². The zero-order valence-electron chi connectivity index (χ0n) is 6.50. The zero-order chi connectivity index (χ0) is 8.10. The van der Waals surface area contributed by atoms with Crippen LogP contribution in [0.3, 0.4) is 0 Å². The average Bonchev–Trinajstić information content (AvgIpc) is 2.52. The van der Waals surface area contributed by atoms with Crippen LogP contribution in [0.4, 0.5) is 0 Å². The van der Waals surface area contributed by atoms with Gasteiger partial charge in [-0.2, -0.15) is 0 Å². The third kappa shape index (κ3) is 2.38. The Morgan fingerprint density at radius 3 is 3.18 bits per heavy atom. The van der Waals surface area contributed by atoms with Crippen LogP contribution in [-0.2, 0) is 0 Å². The van der Waals surface area contributed by atoms with Gasteiger partial charge in [0.15, 0.2) is 0 Å². The lowest BCUT2D eigenvalue weighted by atomic mass is 10.3. The maximum Gasteiger partial charge on any atom is 0.0578 e. The largest absolute Gasteiger partial charge is 0.299 e. The summed E-state index contributed by atoms with van der Waals surface area (Å²) < 4.78 is 0. The van der Waals surface area contributed by atoms with Crippen molar-refractivity contribution < 1.29 is 0 Å². The maximum absolute atomic E-state index is 5.12. The molecule has 0 saturated heterocycles. The first kappa shape index (κ1) is 8.32. The van der Waals surface area contributed by atoms with Crippen LogP contribution in [0.5, 0.6) is 0 Å². The van der Waals surface area contributed by atoms with Gasteiger partial charge in [-0.25, -0.2) is 0 Å². The van der Waals surface area contributed by atoms with Crippen LogP contribution >= 0.6 is 11.3 Å². The third-order valence-electron chi connectivity index (χ3n) is 1.48. The van der Waals surface area contributed by atoms with Gasteiger partial charge in [-0.15, -0.1) is 17.8 Å². The predicted molar refractivity (Wildman–Crippen MR) is 49.6 cm³/mol. The molecule has 1 N–H and O–H groups in total. The van der Waals surface area contributed by atoms with Crippen LogP contribution in [0.25, 0.3) is 0 Å². The van der Waals surface area contributed by atoms with Crippen molar-refractivity contribution in [1.82, 2.24) is 5.32 Å². The van der Waals surface area contributed by atoms with E-state index in [2.05, 4.69) is 29.6 Å². The van der Waals surface area contributed by atoms with E-state index in [0.29, 0.717) is 12.6 Å². The molecule has 11 heavy (non-hydrogen) atoms. The van der Waals surface area contributed by atoms with E-state index in [4.69, 9.17) is 6.42 Å². The van der Waals surface area contributed by atoms with Crippen molar-refractivity contribution in [2.45, 2.75) is 13.0 Å². The summed E-state index contributed by atoms with van der Waals surface area (Å²) in [7, 11) is 0. The van der Waals surface area contributed by atoms with Gasteiger partial charge in [-0.3, -0.25) is 5.32 Å². The highest BCUT2D eigenvalue weighted by Gasteiger charge is 2.02. The average molecular weight is 165 g/mol. The molecule has 0 unspecified atom stereocenters. The van der Waals surface area contributed by atoms with Crippen molar-refractivity contribution in [2.75, 3.05) is 6.54 Å². The summed E-state index contributed by atoms with van der Waals surface area (Å²) in [5.41, 5.74) is 0. The predicted octanol–water partition coefficient (Wildman–Crippen LogP) is 2.03. The molecular formula is C9H11NS. The number of rotatable bonds is 3. The minimum atomic E-state index is 0.381. The van der Waals surface area contributed by atoms with E-state index in [0.717, 1.165) is 0 Å². The molecule has 1 nitrogen and oxygen atoms in total. The standard InChI is InChI=1S/C9H11NS/c1-3-6-10-8(2)9-5-4-7-11-9/h1,4-5,7-8,10H,6H2,2H3/t8-/m1/s1. The van der Waals surface area contributed by atoms with E-state index >= 15 is 0 Å². The van der Waals surface area contributed by atoms with Gasteiger partial charge in [-0.1, -0.05) is 12.0 Å². The molecule has 0 aliphatic heterocycles. The molecule has 0 spiro atoms. The zero-order valence-corrected chi connectivity index (χ0v) is 7.32. The van der Waals surface area contributed by atoms with E-state index in [1.807, 2.05) is 6.07 Å². The molecule has 1 atom stereocenters. The monoisotopic (exact) mass is 165 g/mol. The van der Waals surface area contributed by atoms with E-state index in [-0.39, 0.29) is 0 Å². The number of nitrogens with one attached hydrogen (secondary N) is 1. The van der Waals surface area contributed by atoms with Crippen LogP contribution in [-0.4, -0.2) is 6.54 Å². The molecule has 0 radical (unpaired) electrons. The van der Waals surface area contributed by atoms with Crippen molar-refractivity contribution in [1.29, 1.82) is 0 Å². The van der Waals surface area contributed by atoms with Gasteiger partial charge in [0.2, 0.25) is 0 Å². The molecule has 0 amide bonds. The summed E-state index contributed by atoms with van der Waals surface area (Å²) in [6, 6.07) is 4.54. The van der Waals surface area contributed by atoms with Crippen LogP contribution < -0.4 is 5.32 Å². The molecule has 0 aromatic carbocycles. The molecule has 0 aliphatic rings. The Kier molecular flexibility index (Phi) is 3.15. The Morgan fingerprint density at radius 1 is 1.82 bits per heavy atom. The number of thiophene rings is 1. The van der Waals surface area contributed by atoms with E-state index in [1.165, 1.54) is 4.88 Å². The number of hydrogen-bond donors (Lipinski definition) is 1. The minimum absolute atomic E-state index is 0.381. The van der Waals surface area contributed by atoms with Crippen LogP contribution in [0.15, 0.2) is 17.5 Å². The molecule has 1 heterocycles. The SMILES string of the molecule is C#CCN[C@H](C)c1cccs1. The quantitative estimate of drug-likeness (QED) is 0.676. The lowest BCUT2D eigenvalue weighted by Gasteiger charge is -2.07. The molecule has 58 valence electrons. The molecule has 0 aliphatic carbocycles. The Balaban J connectivity index is 2.44. The first-order valence-electron chi connectivity index (χ1n) is 3.55. The smallest absolute Gasteiger partial charge is 0.0578 e. The van der Waals surface area contributed by atoms with Gasteiger partial charge in [0, 0.05) is 10.9 Å². The summed E-state index contributed by atoms with van der Waals surface area (Å²) in [4.78, 5) is 1.33. The highest BCUT2D eigenvalue weighted by Crippen LogP contribution is 2.17. The number of hydrogen-bond acceptors (Lipinski definition) is 2. The topological polar surface area (TPSA) is 12.0 Å². The van der Waals surface area contributed by atoms with Gasteiger partial charge in [0.05, 0.1) is 6.54 Å². The maximum atomic E-state index is 5.12. The van der Waals surface area contributed by atoms with Crippen LogP contribution in [0, 0.1) is 12.3 Å². The normalized spacial score (nSPS) is 12.4. The van der Waals surface area contributed by atoms with E-state index < -0.39 is 0 Å². The summed E-state index contributed by atoms with van der Waals surface area (Å²) >= 11 is 1.75. The van der Waals surface area contributed by atoms with Crippen molar-refractivity contribution in [3.8, 4) is 12.3 Å². The Morgan fingerprint density at radius 2 is 2.64 bits per heavy atom. The lowest BCUT2D eigenvalue weighted by molar-refractivity contribution is 0.633. The molecule has 0 saturated carbocycles. The second-order valence-electron chi connectivity index (χ2n) is 2.32. The Bertz CT molecular complexity index is 233. The summed E-state index contributed by atoms with van der Waals surface area (Å²) in [6.45, 7) is 2.75. The van der Waals surface area contributed by atoms with Crippen molar-refractivity contribution in [3.63, 3.8) is 0 Å². The number of terminal acetylenes is 1. The fraction of sp³-hybridized carbons (Fsp3) is 0.333. The molecule has 2 heteroatoms. The third-order valence-corrected chi connectivity index (χ3v) is 2.54. The second-order valence-corrected chi connectivity index (χ2v) is 3.30. The fourth-order valence-electron chi connectivity index (χ4n) is 0.850. The van der Waals surface area contributed by atoms with Gasteiger partial charge in [0.25, 0.3) is 0 Å². The van der Waals surface area contributed by atoms with E-state index in [1.54, 1.807) is 11.3 Å². The van der Waals surface area contributed by atoms with Gasteiger partial charge < -0.3 is 0 Å². The first-order valence-corrected chi connectivity index (χ1v) is 4.43. The second kappa shape index (κ2) is 4.17. The fourth-order valence-corrected chi connectivity index (χ4v) is 1.61. The van der Waals surface area contributed by atoms with Gasteiger partial charge in [-0.05, 0) is 18.4 Å². The lowest BCUT2D eigenvalue weighted by Crippen LogP contribution is -2.17. The van der Waals surface area contributed by atoms with Gasteiger partial charge >= 0.3 is 0 Å². The molecule has 1 aromatic rings. The summed E-state index contributed by atoms with van der Waals surface area (Å²) in [5, 5.41) is 5.28. The highest BCUT2D eigenvalue weighted by atomic mass is 32.1. The molecular weight excluding hydrogens is 154 g/mol. The first-order chi connectivity index (χ1) is 5.34. The van der Waals surface area contributed by atoms with Crippen LogP contribution in [0.1, 0.15) is 17.8 Å². The summed E-state index contributed by atoms with van der Waals surface area (Å²) in [6.07, 6.45) is 5.12. The molecule has 0 fully saturated rings. The van der Waals surface area contributed by atoms with Gasteiger partial charge in [0.1, 0.15) is 0 Å². The van der Waals surface area contributed by atoms with Crippen molar-refractivity contribution >= 4 is 11.3 Å². The molecule has 0 bridgehead atoms. The Labute approximate surface area is 71.4 Å².